The number of amides is 2. The fourth-order valence-electron chi connectivity index (χ4n) is 4.01. The number of sulfonamides is 1. The van der Waals surface area contributed by atoms with Crippen LogP contribution in [0.3, 0.4) is 0 Å². The standard InChI is InChI=1S/C22H24ClN3O5S/c1-13-8-16(23)5-6-17(13)25-22(28)15-4-3-7-26(11-15)32(29,30)20-10-19-18(9-14(20)2)24-21(27)12-31-19/h5-6,8-10,15H,3-4,7,11-12H2,1-2H3,(H,24,27)(H,25,28)/t15-/m1/s1. The zero-order valence-corrected chi connectivity index (χ0v) is 19.3. The average Bonchev–Trinajstić information content (AvgIpc) is 2.75. The number of carbonyl (C=O) groups is 2. The first kappa shape index (κ1) is 22.6. The van der Waals surface area contributed by atoms with Gasteiger partial charge in [0, 0.05) is 29.9 Å². The van der Waals surface area contributed by atoms with E-state index >= 15 is 0 Å². The van der Waals surface area contributed by atoms with E-state index in [0.29, 0.717) is 47.1 Å². The number of benzene rings is 2. The molecule has 1 atom stereocenters. The number of ether oxygens (including phenoxy) is 1. The van der Waals surface area contributed by atoms with E-state index in [9.17, 15) is 18.0 Å². The van der Waals surface area contributed by atoms with Crippen molar-refractivity contribution in [1.29, 1.82) is 0 Å². The third-order valence-corrected chi connectivity index (χ3v) is 7.97. The summed E-state index contributed by atoms with van der Waals surface area (Å²) in [5.41, 5.74) is 2.44. The van der Waals surface area contributed by atoms with E-state index in [2.05, 4.69) is 10.6 Å². The molecular formula is C22H24ClN3O5S. The minimum atomic E-state index is -3.85. The third kappa shape index (κ3) is 4.46. The van der Waals surface area contributed by atoms with Crippen LogP contribution in [0.2, 0.25) is 5.02 Å². The summed E-state index contributed by atoms with van der Waals surface area (Å²) in [6, 6.07) is 8.24. The van der Waals surface area contributed by atoms with Gasteiger partial charge in [-0.05, 0) is 62.1 Å². The van der Waals surface area contributed by atoms with Gasteiger partial charge in [-0.2, -0.15) is 4.31 Å². The first-order chi connectivity index (χ1) is 15.1. The molecule has 32 heavy (non-hydrogen) atoms. The highest BCUT2D eigenvalue weighted by molar-refractivity contribution is 7.89. The van der Waals surface area contributed by atoms with Crippen LogP contribution in [0.1, 0.15) is 24.0 Å². The Kier molecular flexibility index (Phi) is 6.15. The summed E-state index contributed by atoms with van der Waals surface area (Å²) in [5, 5.41) is 6.16. The SMILES string of the molecule is Cc1cc(Cl)ccc1NC(=O)[C@@H]1CCCN(S(=O)(=O)c2cc3c(cc2C)NC(=O)CO3)C1. The topological polar surface area (TPSA) is 105 Å². The minimum Gasteiger partial charge on any atom is -0.482 e. The molecular weight excluding hydrogens is 454 g/mol. The first-order valence-electron chi connectivity index (χ1n) is 10.3. The van der Waals surface area contributed by atoms with Crippen molar-refractivity contribution in [3.63, 3.8) is 0 Å². The molecule has 0 aliphatic carbocycles. The molecule has 0 radical (unpaired) electrons. The number of nitrogens with one attached hydrogen (secondary N) is 2. The van der Waals surface area contributed by atoms with Crippen molar-refractivity contribution in [3.05, 3.63) is 46.5 Å². The molecule has 4 rings (SSSR count). The fourth-order valence-corrected chi connectivity index (χ4v) is 5.98. The fraction of sp³-hybridized carbons (Fsp3) is 0.364. The highest BCUT2D eigenvalue weighted by Crippen LogP contribution is 2.35. The first-order valence-corrected chi connectivity index (χ1v) is 12.1. The number of anilines is 2. The number of aryl methyl sites for hydroxylation is 2. The Morgan fingerprint density at radius 2 is 2.00 bits per heavy atom. The lowest BCUT2D eigenvalue weighted by Crippen LogP contribution is -2.44. The van der Waals surface area contributed by atoms with Crippen LogP contribution in [0.4, 0.5) is 11.4 Å². The number of fused-ring (bicyclic) bond motifs is 1. The lowest BCUT2D eigenvalue weighted by molar-refractivity contribution is -0.121. The number of piperidine rings is 1. The highest BCUT2D eigenvalue weighted by atomic mass is 35.5. The number of hydrogen-bond donors (Lipinski definition) is 2. The largest absolute Gasteiger partial charge is 0.482 e. The second-order valence-corrected chi connectivity index (χ2v) is 10.4. The van der Waals surface area contributed by atoms with Gasteiger partial charge in [-0.1, -0.05) is 11.6 Å². The third-order valence-electron chi connectivity index (χ3n) is 5.73. The van der Waals surface area contributed by atoms with Crippen molar-refractivity contribution in [2.45, 2.75) is 31.6 Å². The predicted molar refractivity (Wildman–Crippen MR) is 122 cm³/mol. The molecule has 0 unspecified atom stereocenters. The van der Waals surface area contributed by atoms with Crippen molar-refractivity contribution in [3.8, 4) is 5.75 Å². The Bertz CT molecular complexity index is 1200. The van der Waals surface area contributed by atoms with Gasteiger partial charge < -0.3 is 15.4 Å². The molecule has 2 aromatic carbocycles. The van der Waals surface area contributed by atoms with E-state index in [4.69, 9.17) is 16.3 Å². The molecule has 1 saturated heterocycles. The molecule has 0 aromatic heterocycles. The maximum Gasteiger partial charge on any atom is 0.262 e. The molecule has 2 amide bonds. The molecule has 8 nitrogen and oxygen atoms in total. The second-order valence-electron chi connectivity index (χ2n) is 8.10. The van der Waals surface area contributed by atoms with Crippen LogP contribution >= 0.6 is 11.6 Å². The molecule has 170 valence electrons. The molecule has 2 aliphatic heterocycles. The maximum atomic E-state index is 13.4. The summed E-state index contributed by atoms with van der Waals surface area (Å²) in [4.78, 5) is 24.5. The molecule has 0 bridgehead atoms. The van der Waals surface area contributed by atoms with Gasteiger partial charge in [-0.25, -0.2) is 8.42 Å². The Balaban J connectivity index is 1.53. The van der Waals surface area contributed by atoms with Crippen LogP contribution in [-0.2, 0) is 19.6 Å². The van der Waals surface area contributed by atoms with E-state index in [1.165, 1.54) is 10.4 Å². The van der Waals surface area contributed by atoms with Gasteiger partial charge in [-0.15, -0.1) is 0 Å². The van der Waals surface area contributed by atoms with E-state index in [1.54, 1.807) is 31.2 Å². The van der Waals surface area contributed by atoms with Gasteiger partial charge in [0.15, 0.2) is 6.61 Å². The van der Waals surface area contributed by atoms with Crippen LogP contribution in [-0.4, -0.2) is 44.2 Å². The van der Waals surface area contributed by atoms with Gasteiger partial charge in [0.05, 0.1) is 16.5 Å². The normalized spacial score (nSPS) is 19.0. The Morgan fingerprint density at radius 1 is 1.22 bits per heavy atom. The van der Waals surface area contributed by atoms with Gasteiger partial charge in [-0.3, -0.25) is 9.59 Å². The number of nitrogens with zero attached hydrogens (tertiary/aromatic N) is 1. The molecule has 2 aromatic rings. The monoisotopic (exact) mass is 477 g/mol. The molecule has 2 heterocycles. The van der Waals surface area contributed by atoms with Gasteiger partial charge in [0.25, 0.3) is 5.91 Å². The van der Waals surface area contributed by atoms with Gasteiger partial charge >= 0.3 is 0 Å². The minimum absolute atomic E-state index is 0.0922. The number of rotatable bonds is 4. The van der Waals surface area contributed by atoms with Crippen molar-refractivity contribution in [2.24, 2.45) is 5.92 Å². The lowest BCUT2D eigenvalue weighted by atomic mass is 9.98. The lowest BCUT2D eigenvalue weighted by Gasteiger charge is -2.32. The predicted octanol–water partition coefficient (Wildman–Crippen LogP) is 3.33. The highest BCUT2D eigenvalue weighted by Gasteiger charge is 2.35. The zero-order valence-electron chi connectivity index (χ0n) is 17.8. The summed E-state index contributed by atoms with van der Waals surface area (Å²) in [5.74, 6) is -0.655. The molecule has 10 heteroatoms. The van der Waals surface area contributed by atoms with Gasteiger partial charge in [0.2, 0.25) is 15.9 Å². The summed E-state index contributed by atoms with van der Waals surface area (Å²) < 4.78 is 33.6. The van der Waals surface area contributed by atoms with Crippen LogP contribution < -0.4 is 15.4 Å². The van der Waals surface area contributed by atoms with E-state index in [0.717, 1.165) is 5.56 Å². The maximum absolute atomic E-state index is 13.4. The summed E-state index contributed by atoms with van der Waals surface area (Å²) in [6.07, 6.45) is 1.18. The van der Waals surface area contributed by atoms with Crippen molar-refractivity contribution >= 4 is 44.8 Å². The van der Waals surface area contributed by atoms with Crippen LogP contribution in [0.25, 0.3) is 0 Å². The van der Waals surface area contributed by atoms with E-state index in [-0.39, 0.29) is 29.9 Å². The molecule has 0 saturated carbocycles. The molecule has 1 fully saturated rings. The smallest absolute Gasteiger partial charge is 0.262 e. The van der Waals surface area contributed by atoms with Crippen molar-refractivity contribution < 1.29 is 22.7 Å². The second kappa shape index (κ2) is 8.73. The molecule has 2 aliphatic rings. The number of halogens is 1. The Labute approximate surface area is 191 Å². The van der Waals surface area contributed by atoms with Crippen molar-refractivity contribution in [2.75, 3.05) is 30.3 Å². The summed E-state index contributed by atoms with van der Waals surface area (Å²) in [6.45, 7) is 3.79. The van der Waals surface area contributed by atoms with Crippen LogP contribution in [0, 0.1) is 19.8 Å². The van der Waals surface area contributed by atoms with E-state index in [1.807, 2.05) is 6.92 Å². The Hall–Kier alpha value is -2.62. The van der Waals surface area contributed by atoms with Gasteiger partial charge in [0.1, 0.15) is 5.75 Å². The molecule has 0 spiro atoms. The van der Waals surface area contributed by atoms with E-state index < -0.39 is 15.9 Å². The van der Waals surface area contributed by atoms with Crippen LogP contribution in [0.15, 0.2) is 35.2 Å². The van der Waals surface area contributed by atoms with Crippen molar-refractivity contribution in [1.82, 2.24) is 4.31 Å². The number of carbonyl (C=O) groups excluding carboxylic acids is 2. The Morgan fingerprint density at radius 3 is 2.75 bits per heavy atom. The quantitative estimate of drug-likeness (QED) is 0.702. The number of hydrogen-bond acceptors (Lipinski definition) is 5. The average molecular weight is 478 g/mol. The summed E-state index contributed by atoms with van der Waals surface area (Å²) in [7, 11) is -3.85. The zero-order chi connectivity index (χ0) is 23.0. The van der Waals surface area contributed by atoms with Crippen LogP contribution in [0.5, 0.6) is 5.75 Å². The summed E-state index contributed by atoms with van der Waals surface area (Å²) >= 11 is 5.98. The molecule has 2 N–H and O–H groups in total.